The zero-order valence-electron chi connectivity index (χ0n) is 9.66. The number of hydroxylamine groups is 1. The molecule has 0 radical (unpaired) electrons. The lowest BCUT2D eigenvalue weighted by atomic mass is 10.2. The first-order chi connectivity index (χ1) is 7.70. The van der Waals surface area contributed by atoms with Crippen molar-refractivity contribution >= 4 is 5.91 Å². The van der Waals surface area contributed by atoms with Gasteiger partial charge in [0.15, 0.2) is 0 Å². The average molecular weight is 223 g/mol. The van der Waals surface area contributed by atoms with Gasteiger partial charge in [0.25, 0.3) is 0 Å². The van der Waals surface area contributed by atoms with Gasteiger partial charge in [-0.15, -0.1) is 0 Å². The van der Waals surface area contributed by atoms with Crippen molar-refractivity contribution in [2.24, 2.45) is 5.92 Å². The fourth-order valence-corrected chi connectivity index (χ4v) is 1.85. The first kappa shape index (κ1) is 11.2. The van der Waals surface area contributed by atoms with Crippen LogP contribution in [0.5, 0.6) is 0 Å². The lowest BCUT2D eigenvalue weighted by Gasteiger charge is -1.99. The number of carbonyl (C=O) groups excluding carboxylic acids is 1. The maximum absolute atomic E-state index is 11.1. The molecule has 2 rings (SSSR count). The zero-order valence-corrected chi connectivity index (χ0v) is 9.66. The van der Waals surface area contributed by atoms with Crippen LogP contribution in [0.3, 0.4) is 0 Å². The number of aryl methyl sites for hydroxylation is 1. The molecule has 1 amide bonds. The second kappa shape index (κ2) is 4.70. The highest BCUT2D eigenvalue weighted by molar-refractivity contribution is 5.74. The number of hydrogen-bond acceptors (Lipinski definition) is 3. The van der Waals surface area contributed by atoms with Crippen LogP contribution in [0.2, 0.25) is 0 Å². The zero-order chi connectivity index (χ0) is 11.5. The van der Waals surface area contributed by atoms with Gasteiger partial charge in [-0.05, 0) is 24.5 Å². The number of amides is 1. The molecule has 0 unspecified atom stereocenters. The second-order valence-electron chi connectivity index (χ2n) is 4.35. The molecule has 88 valence electrons. The Morgan fingerprint density at radius 2 is 2.38 bits per heavy atom. The van der Waals surface area contributed by atoms with Crippen molar-refractivity contribution < 1.29 is 14.0 Å². The van der Waals surface area contributed by atoms with Gasteiger partial charge in [0.2, 0.25) is 5.91 Å². The van der Waals surface area contributed by atoms with Crippen LogP contribution in [-0.2, 0) is 16.1 Å². The molecule has 4 nitrogen and oxygen atoms in total. The molecule has 1 aliphatic carbocycles. The lowest BCUT2D eigenvalue weighted by Crippen LogP contribution is -2.21. The molecule has 1 saturated carbocycles. The molecule has 1 aromatic rings. The highest BCUT2D eigenvalue weighted by Crippen LogP contribution is 2.47. The molecule has 0 spiro atoms. The molecule has 0 bridgehead atoms. The summed E-state index contributed by atoms with van der Waals surface area (Å²) in [5, 5.41) is 0. The van der Waals surface area contributed by atoms with E-state index in [1.54, 1.807) is 0 Å². The summed E-state index contributed by atoms with van der Waals surface area (Å²) in [5.74, 6) is 3.16. The molecule has 1 heterocycles. The van der Waals surface area contributed by atoms with E-state index in [-0.39, 0.29) is 5.91 Å². The van der Waals surface area contributed by atoms with Crippen LogP contribution >= 0.6 is 0 Å². The van der Waals surface area contributed by atoms with Crippen LogP contribution < -0.4 is 5.48 Å². The Morgan fingerprint density at radius 3 is 3.00 bits per heavy atom. The Bertz CT molecular complexity index is 372. The fraction of sp³-hybridized carbons (Fsp3) is 0.583. The number of nitrogens with one attached hydrogen (secondary N) is 1. The first-order valence-corrected chi connectivity index (χ1v) is 5.61. The summed E-state index contributed by atoms with van der Waals surface area (Å²) in [6.07, 6.45) is 2.23. The van der Waals surface area contributed by atoms with Crippen molar-refractivity contribution in [3.63, 3.8) is 0 Å². The molecule has 4 heteroatoms. The number of rotatable bonds is 5. The number of hydrogen-bond donors (Lipinski definition) is 1. The van der Waals surface area contributed by atoms with Crippen LogP contribution in [0.15, 0.2) is 16.5 Å². The van der Waals surface area contributed by atoms with Crippen molar-refractivity contribution in [3.8, 4) is 0 Å². The summed E-state index contributed by atoms with van der Waals surface area (Å²) in [7, 11) is 1.43. The largest absolute Gasteiger partial charge is 0.466 e. The van der Waals surface area contributed by atoms with Gasteiger partial charge in [-0.25, -0.2) is 5.48 Å². The third kappa shape index (κ3) is 2.64. The van der Waals surface area contributed by atoms with E-state index in [9.17, 15) is 4.79 Å². The van der Waals surface area contributed by atoms with E-state index in [0.717, 1.165) is 17.4 Å². The maximum atomic E-state index is 11.1. The molecule has 1 N–H and O–H groups in total. The van der Waals surface area contributed by atoms with Crippen LogP contribution in [-0.4, -0.2) is 13.0 Å². The third-order valence-corrected chi connectivity index (χ3v) is 2.97. The van der Waals surface area contributed by atoms with E-state index in [1.807, 2.05) is 12.1 Å². The van der Waals surface area contributed by atoms with Crippen molar-refractivity contribution in [2.75, 3.05) is 7.11 Å². The van der Waals surface area contributed by atoms with Gasteiger partial charge >= 0.3 is 0 Å². The summed E-state index contributed by atoms with van der Waals surface area (Å²) in [4.78, 5) is 15.7. The fourth-order valence-electron chi connectivity index (χ4n) is 1.85. The smallest absolute Gasteiger partial charge is 0.243 e. The van der Waals surface area contributed by atoms with Crippen LogP contribution in [0.1, 0.15) is 37.2 Å². The first-order valence-electron chi connectivity index (χ1n) is 5.61. The summed E-state index contributed by atoms with van der Waals surface area (Å²) in [5.41, 5.74) is 2.28. The van der Waals surface area contributed by atoms with Crippen LogP contribution in [0.4, 0.5) is 0 Å². The summed E-state index contributed by atoms with van der Waals surface area (Å²) in [6, 6.07) is 3.98. The van der Waals surface area contributed by atoms with E-state index < -0.39 is 0 Å². The van der Waals surface area contributed by atoms with Crippen molar-refractivity contribution in [1.29, 1.82) is 0 Å². The second-order valence-corrected chi connectivity index (χ2v) is 4.35. The van der Waals surface area contributed by atoms with Gasteiger partial charge in [0.05, 0.1) is 7.11 Å². The van der Waals surface area contributed by atoms with E-state index in [2.05, 4.69) is 17.2 Å². The Hall–Kier alpha value is -1.29. The minimum atomic E-state index is -0.125. The Morgan fingerprint density at radius 1 is 1.62 bits per heavy atom. The Balaban J connectivity index is 1.81. The standard InChI is InChI=1S/C12H17NO3/c1-8-7-10(8)11-5-3-9(16-11)4-6-12(14)13-15-2/h3,5,8,10H,4,6-7H2,1-2H3,(H,13,14)/t8-,10+/m1/s1. The predicted molar refractivity (Wildman–Crippen MR) is 58.7 cm³/mol. The third-order valence-electron chi connectivity index (χ3n) is 2.97. The highest BCUT2D eigenvalue weighted by Gasteiger charge is 2.36. The molecule has 1 aliphatic rings. The van der Waals surface area contributed by atoms with Gasteiger partial charge in [-0.3, -0.25) is 9.63 Å². The van der Waals surface area contributed by atoms with Gasteiger partial charge in [0.1, 0.15) is 11.5 Å². The molecular weight excluding hydrogens is 206 g/mol. The Kier molecular flexibility index (Phi) is 3.29. The van der Waals surface area contributed by atoms with E-state index in [4.69, 9.17) is 4.42 Å². The maximum Gasteiger partial charge on any atom is 0.243 e. The summed E-state index contributed by atoms with van der Waals surface area (Å²) in [6.45, 7) is 2.22. The Labute approximate surface area is 94.9 Å². The van der Waals surface area contributed by atoms with E-state index >= 15 is 0 Å². The van der Waals surface area contributed by atoms with E-state index in [1.165, 1.54) is 13.5 Å². The number of furan rings is 1. The van der Waals surface area contributed by atoms with Crippen molar-refractivity contribution in [2.45, 2.75) is 32.1 Å². The minimum Gasteiger partial charge on any atom is -0.466 e. The normalized spacial score (nSPS) is 23.1. The molecule has 0 saturated heterocycles. The van der Waals surface area contributed by atoms with Gasteiger partial charge < -0.3 is 4.42 Å². The van der Waals surface area contributed by atoms with Gasteiger partial charge in [-0.1, -0.05) is 6.92 Å². The van der Waals surface area contributed by atoms with Crippen molar-refractivity contribution in [1.82, 2.24) is 5.48 Å². The number of carbonyl (C=O) groups is 1. The highest BCUT2D eigenvalue weighted by atomic mass is 16.6. The monoisotopic (exact) mass is 223 g/mol. The van der Waals surface area contributed by atoms with Gasteiger partial charge in [-0.2, -0.15) is 0 Å². The van der Waals surface area contributed by atoms with Crippen LogP contribution in [0.25, 0.3) is 0 Å². The molecule has 2 atom stereocenters. The topological polar surface area (TPSA) is 51.5 Å². The molecule has 1 aromatic heterocycles. The van der Waals surface area contributed by atoms with Crippen LogP contribution in [0, 0.1) is 5.92 Å². The molecular formula is C12H17NO3. The van der Waals surface area contributed by atoms with Gasteiger partial charge in [0, 0.05) is 18.8 Å². The minimum absolute atomic E-state index is 0.125. The SMILES string of the molecule is CONC(=O)CCc1ccc([C@H]2C[C@H]2C)o1. The summed E-state index contributed by atoms with van der Waals surface area (Å²) < 4.78 is 5.69. The average Bonchev–Trinajstić information content (AvgIpc) is 2.80. The molecule has 0 aromatic carbocycles. The quantitative estimate of drug-likeness (QED) is 0.777. The summed E-state index contributed by atoms with van der Waals surface area (Å²) >= 11 is 0. The van der Waals surface area contributed by atoms with Crippen molar-refractivity contribution in [3.05, 3.63) is 23.7 Å². The van der Waals surface area contributed by atoms with E-state index in [0.29, 0.717) is 18.8 Å². The molecule has 16 heavy (non-hydrogen) atoms. The molecule has 1 fully saturated rings. The predicted octanol–water partition coefficient (Wildman–Crippen LogP) is 2.01. The molecule has 0 aliphatic heterocycles. The lowest BCUT2D eigenvalue weighted by molar-refractivity contribution is -0.131.